The van der Waals surface area contributed by atoms with Gasteiger partial charge in [-0.1, -0.05) is 38.1 Å². The second-order valence-corrected chi connectivity index (χ2v) is 5.65. The van der Waals surface area contributed by atoms with E-state index in [9.17, 15) is 4.79 Å². The SMILES string of the molecule is COC(=O)C(CN1CCc2ccccc2C1)NC(C)C. The zero-order valence-corrected chi connectivity index (χ0v) is 12.6. The molecule has 1 unspecified atom stereocenters. The maximum atomic E-state index is 11.9. The fraction of sp³-hybridized carbons (Fsp3) is 0.562. The van der Waals surface area contributed by atoms with Crippen molar-refractivity contribution in [2.75, 3.05) is 20.2 Å². The van der Waals surface area contributed by atoms with Gasteiger partial charge in [-0.25, -0.2) is 0 Å². The lowest BCUT2D eigenvalue weighted by Gasteiger charge is -2.31. The molecule has 0 amide bonds. The molecule has 1 aliphatic heterocycles. The van der Waals surface area contributed by atoms with E-state index in [1.165, 1.54) is 18.2 Å². The molecule has 4 nitrogen and oxygen atoms in total. The number of carbonyl (C=O) groups is 1. The van der Waals surface area contributed by atoms with Gasteiger partial charge in [0.25, 0.3) is 0 Å². The first kappa shape index (κ1) is 15.0. The Hall–Kier alpha value is -1.39. The molecule has 0 radical (unpaired) electrons. The Morgan fingerprint density at radius 1 is 1.35 bits per heavy atom. The molecule has 0 aromatic heterocycles. The van der Waals surface area contributed by atoms with E-state index < -0.39 is 0 Å². The number of carbonyl (C=O) groups excluding carboxylic acids is 1. The summed E-state index contributed by atoms with van der Waals surface area (Å²) < 4.78 is 4.90. The molecule has 1 aromatic rings. The topological polar surface area (TPSA) is 41.6 Å². The number of ether oxygens (including phenoxy) is 1. The quantitative estimate of drug-likeness (QED) is 0.829. The number of rotatable bonds is 5. The number of fused-ring (bicyclic) bond motifs is 1. The van der Waals surface area contributed by atoms with E-state index in [2.05, 4.69) is 34.5 Å². The van der Waals surface area contributed by atoms with Gasteiger partial charge in [-0.05, 0) is 17.5 Å². The number of methoxy groups -OCH3 is 1. The third-order valence-electron chi connectivity index (χ3n) is 3.67. The third-order valence-corrected chi connectivity index (χ3v) is 3.67. The van der Waals surface area contributed by atoms with Crippen molar-refractivity contribution < 1.29 is 9.53 Å². The molecule has 1 N–H and O–H groups in total. The van der Waals surface area contributed by atoms with E-state index in [4.69, 9.17) is 4.74 Å². The second-order valence-electron chi connectivity index (χ2n) is 5.65. The summed E-state index contributed by atoms with van der Waals surface area (Å²) in [6.07, 6.45) is 1.05. The Bertz CT molecular complexity index is 460. The van der Waals surface area contributed by atoms with Crippen LogP contribution in [-0.2, 0) is 22.5 Å². The number of nitrogens with zero attached hydrogens (tertiary/aromatic N) is 1. The summed E-state index contributed by atoms with van der Waals surface area (Å²) in [4.78, 5) is 14.2. The zero-order chi connectivity index (χ0) is 14.5. The molecule has 0 saturated carbocycles. The van der Waals surface area contributed by atoms with Crippen LogP contribution >= 0.6 is 0 Å². The maximum absolute atomic E-state index is 11.9. The lowest BCUT2D eigenvalue weighted by atomic mass is 9.99. The van der Waals surface area contributed by atoms with Crippen LogP contribution in [0.5, 0.6) is 0 Å². The minimum absolute atomic E-state index is 0.183. The van der Waals surface area contributed by atoms with E-state index in [0.29, 0.717) is 6.54 Å². The number of benzene rings is 1. The Labute approximate surface area is 121 Å². The van der Waals surface area contributed by atoms with Crippen molar-refractivity contribution in [1.29, 1.82) is 0 Å². The first-order valence-electron chi connectivity index (χ1n) is 7.23. The van der Waals surface area contributed by atoms with E-state index in [1.54, 1.807) is 0 Å². The molecule has 0 saturated heterocycles. The summed E-state index contributed by atoms with van der Waals surface area (Å²) in [6.45, 7) is 6.68. The first-order chi connectivity index (χ1) is 9.60. The van der Waals surface area contributed by atoms with E-state index in [0.717, 1.165) is 19.5 Å². The maximum Gasteiger partial charge on any atom is 0.324 e. The van der Waals surface area contributed by atoms with E-state index in [1.807, 2.05) is 13.8 Å². The van der Waals surface area contributed by atoms with E-state index >= 15 is 0 Å². The van der Waals surface area contributed by atoms with Gasteiger partial charge in [0.1, 0.15) is 6.04 Å². The van der Waals surface area contributed by atoms with Crippen LogP contribution in [0.4, 0.5) is 0 Å². The summed E-state index contributed by atoms with van der Waals surface area (Å²) in [7, 11) is 1.45. The minimum Gasteiger partial charge on any atom is -0.468 e. The highest BCUT2D eigenvalue weighted by atomic mass is 16.5. The molecule has 2 rings (SSSR count). The Morgan fingerprint density at radius 3 is 2.70 bits per heavy atom. The zero-order valence-electron chi connectivity index (χ0n) is 12.6. The standard InChI is InChI=1S/C16H24N2O2/c1-12(2)17-15(16(19)20-3)11-18-9-8-13-6-4-5-7-14(13)10-18/h4-7,12,15,17H,8-11H2,1-3H3. The molecular formula is C16H24N2O2. The molecule has 20 heavy (non-hydrogen) atoms. The van der Waals surface area contributed by atoms with Crippen LogP contribution in [0.25, 0.3) is 0 Å². The van der Waals surface area contributed by atoms with Gasteiger partial charge in [0.15, 0.2) is 0 Å². The fourth-order valence-electron chi connectivity index (χ4n) is 2.71. The minimum atomic E-state index is -0.259. The van der Waals surface area contributed by atoms with Gasteiger partial charge in [0, 0.05) is 25.7 Å². The molecule has 1 aliphatic rings. The van der Waals surface area contributed by atoms with Crippen LogP contribution in [-0.4, -0.2) is 43.2 Å². The molecule has 0 fully saturated rings. The molecule has 1 atom stereocenters. The van der Waals surface area contributed by atoms with Gasteiger partial charge in [0.2, 0.25) is 0 Å². The highest BCUT2D eigenvalue weighted by Gasteiger charge is 2.25. The van der Waals surface area contributed by atoms with Crippen molar-refractivity contribution in [2.45, 2.75) is 38.9 Å². The van der Waals surface area contributed by atoms with Gasteiger partial charge in [0.05, 0.1) is 7.11 Å². The predicted octanol–water partition coefficient (Wildman–Crippen LogP) is 1.58. The molecule has 0 spiro atoms. The van der Waals surface area contributed by atoms with Crippen molar-refractivity contribution >= 4 is 5.97 Å². The smallest absolute Gasteiger partial charge is 0.324 e. The number of hydrogen-bond acceptors (Lipinski definition) is 4. The average molecular weight is 276 g/mol. The molecular weight excluding hydrogens is 252 g/mol. The average Bonchev–Trinajstić information content (AvgIpc) is 2.45. The summed E-state index contributed by atoms with van der Waals surface area (Å²) in [6, 6.07) is 8.53. The lowest BCUT2D eigenvalue weighted by molar-refractivity contribution is -0.144. The summed E-state index contributed by atoms with van der Waals surface area (Å²) in [5.41, 5.74) is 2.79. The van der Waals surface area contributed by atoms with Crippen LogP contribution in [0.3, 0.4) is 0 Å². The van der Waals surface area contributed by atoms with Crippen LogP contribution in [0.15, 0.2) is 24.3 Å². The Kier molecular flexibility index (Phi) is 5.15. The molecule has 0 aliphatic carbocycles. The number of hydrogen-bond donors (Lipinski definition) is 1. The van der Waals surface area contributed by atoms with Gasteiger partial charge < -0.3 is 10.1 Å². The summed E-state index contributed by atoms with van der Waals surface area (Å²) >= 11 is 0. The monoisotopic (exact) mass is 276 g/mol. The van der Waals surface area contributed by atoms with Crippen molar-refractivity contribution in [2.24, 2.45) is 0 Å². The van der Waals surface area contributed by atoms with Gasteiger partial charge in [-0.3, -0.25) is 9.69 Å². The van der Waals surface area contributed by atoms with Crippen LogP contribution < -0.4 is 5.32 Å². The molecule has 0 bridgehead atoms. The largest absolute Gasteiger partial charge is 0.468 e. The summed E-state index contributed by atoms with van der Waals surface area (Å²) in [5, 5.41) is 3.29. The fourth-order valence-corrected chi connectivity index (χ4v) is 2.71. The van der Waals surface area contributed by atoms with Crippen LogP contribution in [0.1, 0.15) is 25.0 Å². The Morgan fingerprint density at radius 2 is 2.05 bits per heavy atom. The van der Waals surface area contributed by atoms with Gasteiger partial charge >= 0.3 is 5.97 Å². The first-order valence-corrected chi connectivity index (χ1v) is 7.23. The summed E-state index contributed by atoms with van der Waals surface area (Å²) in [5.74, 6) is -0.183. The van der Waals surface area contributed by atoms with Gasteiger partial charge in [-0.2, -0.15) is 0 Å². The van der Waals surface area contributed by atoms with Gasteiger partial charge in [-0.15, -0.1) is 0 Å². The van der Waals surface area contributed by atoms with Crippen molar-refractivity contribution in [3.63, 3.8) is 0 Å². The Balaban J connectivity index is 2.00. The lowest BCUT2D eigenvalue weighted by Crippen LogP contribution is -2.50. The second kappa shape index (κ2) is 6.86. The van der Waals surface area contributed by atoms with E-state index in [-0.39, 0.29) is 18.1 Å². The highest BCUT2D eigenvalue weighted by Crippen LogP contribution is 2.18. The molecule has 4 heteroatoms. The highest BCUT2D eigenvalue weighted by molar-refractivity contribution is 5.76. The molecule has 1 aromatic carbocycles. The third kappa shape index (κ3) is 3.81. The normalized spacial score (nSPS) is 16.8. The van der Waals surface area contributed by atoms with Crippen LogP contribution in [0.2, 0.25) is 0 Å². The van der Waals surface area contributed by atoms with Crippen molar-refractivity contribution in [3.05, 3.63) is 35.4 Å². The number of esters is 1. The van der Waals surface area contributed by atoms with Crippen molar-refractivity contribution in [3.8, 4) is 0 Å². The number of nitrogens with one attached hydrogen (secondary N) is 1. The molecule has 110 valence electrons. The predicted molar refractivity (Wildman–Crippen MR) is 79.5 cm³/mol. The van der Waals surface area contributed by atoms with Crippen molar-refractivity contribution in [1.82, 2.24) is 10.2 Å². The van der Waals surface area contributed by atoms with Crippen LogP contribution in [0, 0.1) is 0 Å². The molecule has 1 heterocycles.